The third kappa shape index (κ3) is 5.83. The summed E-state index contributed by atoms with van der Waals surface area (Å²) >= 11 is 0. The molecule has 3 atom stereocenters. The van der Waals surface area contributed by atoms with Crippen molar-refractivity contribution in [2.24, 2.45) is 5.41 Å². The lowest BCUT2D eigenvalue weighted by Gasteiger charge is -2.58. The van der Waals surface area contributed by atoms with Crippen LogP contribution in [0.25, 0.3) is 0 Å². The second kappa shape index (κ2) is 10.8. The molecule has 1 aromatic carbocycles. The van der Waals surface area contributed by atoms with Gasteiger partial charge < -0.3 is 19.5 Å². The highest BCUT2D eigenvalue weighted by Gasteiger charge is 2.54. The largest absolute Gasteiger partial charge is 0.488 e. The minimum Gasteiger partial charge on any atom is -0.488 e. The molecule has 0 unspecified atom stereocenters. The van der Waals surface area contributed by atoms with Crippen molar-refractivity contribution in [2.45, 2.75) is 70.9 Å². The van der Waals surface area contributed by atoms with E-state index in [0.717, 1.165) is 32.5 Å². The molecule has 3 aliphatic rings. The van der Waals surface area contributed by atoms with Crippen LogP contribution in [-0.2, 0) is 11.3 Å². The van der Waals surface area contributed by atoms with Gasteiger partial charge in [-0.05, 0) is 38.7 Å². The Morgan fingerprint density at radius 3 is 2.38 bits per heavy atom. The van der Waals surface area contributed by atoms with Crippen LogP contribution in [0.5, 0.6) is 5.75 Å². The number of aliphatic hydroxyl groups is 1. The fourth-order valence-electron chi connectivity index (χ4n) is 6.01. The number of amides is 1. The Bertz CT molecular complexity index is 1030. The van der Waals surface area contributed by atoms with Crippen LogP contribution in [0.1, 0.15) is 45.6 Å². The summed E-state index contributed by atoms with van der Waals surface area (Å²) in [5.41, 5.74) is 1.68. The third-order valence-corrected chi connectivity index (χ3v) is 7.90. The Hall–Kier alpha value is -2.91. The van der Waals surface area contributed by atoms with Crippen molar-refractivity contribution < 1.29 is 19.4 Å². The zero-order valence-corrected chi connectivity index (χ0v) is 22.1. The molecule has 1 spiro atoms. The predicted molar refractivity (Wildman–Crippen MR) is 140 cm³/mol. The van der Waals surface area contributed by atoms with Gasteiger partial charge in [0, 0.05) is 38.1 Å². The highest BCUT2D eigenvalue weighted by atomic mass is 16.6. The van der Waals surface area contributed by atoms with Gasteiger partial charge in [0.1, 0.15) is 12.7 Å². The summed E-state index contributed by atoms with van der Waals surface area (Å²) in [7, 11) is 0. The van der Waals surface area contributed by atoms with Crippen LogP contribution >= 0.6 is 0 Å². The number of aromatic nitrogens is 2. The van der Waals surface area contributed by atoms with Gasteiger partial charge in [0.2, 0.25) is 5.95 Å². The summed E-state index contributed by atoms with van der Waals surface area (Å²) in [5.74, 6) is 1.15. The summed E-state index contributed by atoms with van der Waals surface area (Å²) in [6.45, 7) is 10.7. The van der Waals surface area contributed by atoms with E-state index in [9.17, 15) is 9.90 Å². The van der Waals surface area contributed by atoms with Crippen molar-refractivity contribution in [1.82, 2.24) is 19.8 Å². The molecule has 2 aliphatic heterocycles. The summed E-state index contributed by atoms with van der Waals surface area (Å²) < 4.78 is 11.5. The molecule has 3 heterocycles. The molecule has 9 nitrogen and oxygen atoms in total. The zero-order chi connectivity index (χ0) is 26.0. The third-order valence-electron chi connectivity index (χ3n) is 7.90. The van der Waals surface area contributed by atoms with Gasteiger partial charge in [0.05, 0.1) is 30.6 Å². The molecule has 1 aromatic heterocycles. The van der Waals surface area contributed by atoms with Crippen molar-refractivity contribution in [3.63, 3.8) is 0 Å². The Morgan fingerprint density at radius 2 is 1.76 bits per heavy atom. The minimum atomic E-state index is -0.497. The lowest BCUT2D eigenvalue weighted by atomic mass is 9.61. The van der Waals surface area contributed by atoms with Gasteiger partial charge in [-0.3, -0.25) is 9.80 Å². The molecular weight excluding hydrogens is 470 g/mol. The van der Waals surface area contributed by atoms with Crippen LogP contribution in [0.15, 0.2) is 42.7 Å². The van der Waals surface area contributed by atoms with Crippen LogP contribution in [0.2, 0.25) is 0 Å². The molecule has 3 fully saturated rings. The quantitative estimate of drug-likeness (QED) is 0.580. The number of nitrogens with zero attached hydrogens (tertiary/aromatic N) is 5. The average Bonchev–Trinajstić information content (AvgIpc) is 2.85. The van der Waals surface area contributed by atoms with E-state index in [1.54, 1.807) is 12.4 Å². The fraction of sp³-hybridized carbons (Fsp3) is 0.607. The van der Waals surface area contributed by atoms with E-state index >= 15 is 0 Å². The molecule has 1 amide bonds. The maximum atomic E-state index is 13.1. The second-order valence-corrected chi connectivity index (χ2v) is 11.1. The molecule has 1 N–H and O–H groups in total. The molecule has 2 aromatic rings. The minimum absolute atomic E-state index is 0.0189. The number of aliphatic hydroxyl groups excluding tert-OH is 1. The summed E-state index contributed by atoms with van der Waals surface area (Å²) in [4.78, 5) is 28.4. The maximum absolute atomic E-state index is 13.1. The van der Waals surface area contributed by atoms with Crippen molar-refractivity contribution in [1.29, 1.82) is 0 Å². The smallest absolute Gasteiger partial charge is 0.410 e. The lowest BCUT2D eigenvalue weighted by Crippen LogP contribution is -2.65. The number of rotatable bonds is 8. The van der Waals surface area contributed by atoms with Gasteiger partial charge in [-0.25, -0.2) is 14.8 Å². The van der Waals surface area contributed by atoms with E-state index in [1.807, 2.05) is 25.7 Å². The number of hydrogen-bond donors (Lipinski definition) is 1. The van der Waals surface area contributed by atoms with E-state index in [-0.39, 0.29) is 30.9 Å². The Kier molecular flexibility index (Phi) is 7.53. The first-order valence-corrected chi connectivity index (χ1v) is 13.5. The second-order valence-electron chi connectivity index (χ2n) is 11.1. The maximum Gasteiger partial charge on any atom is 0.410 e. The van der Waals surface area contributed by atoms with E-state index in [0.29, 0.717) is 36.6 Å². The molecule has 37 heavy (non-hydrogen) atoms. The number of anilines is 1. The molecule has 2 saturated heterocycles. The number of benzene rings is 1. The van der Waals surface area contributed by atoms with Gasteiger partial charge in [0.25, 0.3) is 0 Å². The number of carbonyl (C=O) groups excluding carboxylic acids is 1. The topological polar surface area (TPSA) is 91.3 Å². The number of likely N-dealkylation sites (tertiary alicyclic amines) is 1. The van der Waals surface area contributed by atoms with Crippen molar-refractivity contribution in [3.05, 3.63) is 48.3 Å². The normalized spacial score (nSPS) is 24.3. The SMILES string of the molecule is CC[C@H](O)COc1cnc(N2C[C@@H](C)N(C(=O)OC3CC4(C3)CN(Cc3ccccc3)C4)[C@@H](C)C2)nc1. The average molecular weight is 510 g/mol. The van der Waals surface area contributed by atoms with E-state index < -0.39 is 6.10 Å². The highest BCUT2D eigenvalue weighted by Crippen LogP contribution is 2.50. The van der Waals surface area contributed by atoms with E-state index in [1.165, 1.54) is 5.56 Å². The van der Waals surface area contributed by atoms with Gasteiger partial charge in [-0.1, -0.05) is 37.3 Å². The van der Waals surface area contributed by atoms with E-state index in [2.05, 4.69) is 50.1 Å². The zero-order valence-electron chi connectivity index (χ0n) is 22.1. The monoisotopic (exact) mass is 509 g/mol. The van der Waals surface area contributed by atoms with Crippen molar-refractivity contribution in [2.75, 3.05) is 37.7 Å². The van der Waals surface area contributed by atoms with Gasteiger partial charge in [-0.2, -0.15) is 0 Å². The summed E-state index contributed by atoms with van der Waals surface area (Å²) in [6, 6.07) is 10.5. The first-order valence-electron chi connectivity index (χ1n) is 13.5. The first-order chi connectivity index (χ1) is 17.8. The number of ether oxygens (including phenoxy) is 2. The Labute approximate surface area is 219 Å². The number of hydrogen-bond acceptors (Lipinski definition) is 8. The molecule has 9 heteroatoms. The van der Waals surface area contributed by atoms with E-state index in [4.69, 9.17) is 9.47 Å². The predicted octanol–water partition coefficient (Wildman–Crippen LogP) is 3.33. The first kappa shape index (κ1) is 25.7. The highest BCUT2D eigenvalue weighted by molar-refractivity contribution is 5.69. The molecule has 1 saturated carbocycles. The Balaban J connectivity index is 1.06. The lowest BCUT2D eigenvalue weighted by molar-refractivity contribution is -0.137. The summed E-state index contributed by atoms with van der Waals surface area (Å²) in [6.07, 6.45) is 5.14. The number of piperazine rings is 1. The molecule has 200 valence electrons. The van der Waals surface area contributed by atoms with Gasteiger partial charge in [-0.15, -0.1) is 0 Å². The van der Waals surface area contributed by atoms with Crippen molar-refractivity contribution in [3.8, 4) is 5.75 Å². The standard InChI is InChI=1S/C28H39N5O4/c1-4-23(34)17-36-25-12-29-26(30-13-25)32-14-20(2)33(21(3)15-32)27(35)37-24-10-28(11-24)18-31(19-28)16-22-8-6-5-7-9-22/h5-9,12-13,20-21,23-24,34H,4,10-11,14-19H2,1-3H3/t20-,21+,23-/m0/s1. The van der Waals surface area contributed by atoms with Crippen LogP contribution in [0.3, 0.4) is 0 Å². The molecule has 1 aliphatic carbocycles. The van der Waals surface area contributed by atoms with Crippen LogP contribution in [-0.4, -0.2) is 88.0 Å². The van der Waals surface area contributed by atoms with Crippen LogP contribution in [0.4, 0.5) is 10.7 Å². The van der Waals surface area contributed by atoms with Gasteiger partial charge in [0.15, 0.2) is 5.75 Å². The van der Waals surface area contributed by atoms with Crippen molar-refractivity contribution >= 4 is 12.0 Å². The molecule has 5 rings (SSSR count). The van der Waals surface area contributed by atoms with Crippen LogP contribution in [0, 0.1) is 5.41 Å². The fourth-order valence-corrected chi connectivity index (χ4v) is 6.01. The Morgan fingerprint density at radius 1 is 1.11 bits per heavy atom. The molecule has 0 bridgehead atoms. The summed E-state index contributed by atoms with van der Waals surface area (Å²) in [5, 5.41) is 9.66. The molecular formula is C28H39N5O4. The van der Waals surface area contributed by atoms with Gasteiger partial charge >= 0.3 is 6.09 Å². The molecule has 0 radical (unpaired) electrons. The number of carbonyl (C=O) groups is 1. The van der Waals surface area contributed by atoms with Crippen LogP contribution < -0.4 is 9.64 Å².